The molecule has 1 unspecified atom stereocenters. The number of likely N-dealkylation sites (tertiary alicyclic amines) is 1. The van der Waals surface area contributed by atoms with E-state index in [0.717, 1.165) is 59.0 Å². The predicted molar refractivity (Wildman–Crippen MR) is 122 cm³/mol. The summed E-state index contributed by atoms with van der Waals surface area (Å²) < 4.78 is 0.946. The first-order chi connectivity index (χ1) is 14.5. The van der Waals surface area contributed by atoms with E-state index in [1.54, 1.807) is 13.0 Å². The third-order valence-corrected chi connectivity index (χ3v) is 5.96. The van der Waals surface area contributed by atoms with Crippen LogP contribution in [0.2, 0.25) is 0 Å². The van der Waals surface area contributed by atoms with Crippen LogP contribution in [0.25, 0.3) is 22.2 Å². The Morgan fingerprint density at radius 2 is 1.80 bits per heavy atom. The van der Waals surface area contributed by atoms with Gasteiger partial charge in [-0.15, -0.1) is 0 Å². The molecule has 30 heavy (non-hydrogen) atoms. The van der Waals surface area contributed by atoms with Crippen LogP contribution < -0.4 is 5.32 Å². The van der Waals surface area contributed by atoms with Crippen molar-refractivity contribution < 1.29 is 9.59 Å². The van der Waals surface area contributed by atoms with E-state index in [0.29, 0.717) is 5.56 Å². The summed E-state index contributed by atoms with van der Waals surface area (Å²) in [5, 5.41) is 3.68. The quantitative estimate of drug-likeness (QED) is 0.601. The number of rotatable bonds is 4. The Kier molecular flexibility index (Phi) is 6.13. The second-order valence-corrected chi connectivity index (χ2v) is 8.58. The Hall–Kier alpha value is -2.73. The zero-order valence-corrected chi connectivity index (χ0v) is 18.5. The van der Waals surface area contributed by atoms with Gasteiger partial charge in [0.05, 0.1) is 16.8 Å². The largest absolute Gasteiger partial charge is 0.341 e. The number of hydrogen-bond acceptors (Lipinski definition) is 3. The zero-order valence-electron chi connectivity index (χ0n) is 16.9. The number of para-hydroxylation sites is 1. The normalized spacial score (nSPS) is 15.1. The van der Waals surface area contributed by atoms with Gasteiger partial charge in [-0.1, -0.05) is 46.3 Å². The summed E-state index contributed by atoms with van der Waals surface area (Å²) in [5.41, 5.74) is 2.90. The van der Waals surface area contributed by atoms with Crippen LogP contribution in [0.4, 0.5) is 0 Å². The highest BCUT2D eigenvalue weighted by Crippen LogP contribution is 2.27. The molecule has 6 heteroatoms. The molecule has 3 aromatic rings. The second kappa shape index (κ2) is 8.96. The van der Waals surface area contributed by atoms with Gasteiger partial charge < -0.3 is 10.2 Å². The average molecular weight is 466 g/mol. The third kappa shape index (κ3) is 4.38. The molecule has 0 radical (unpaired) electrons. The number of pyridine rings is 1. The number of amides is 2. The summed E-state index contributed by atoms with van der Waals surface area (Å²) in [6, 6.07) is 16.6. The molecule has 4 rings (SSSR count). The second-order valence-electron chi connectivity index (χ2n) is 7.66. The van der Waals surface area contributed by atoms with Crippen molar-refractivity contribution in [2.45, 2.75) is 32.2 Å². The van der Waals surface area contributed by atoms with Crippen molar-refractivity contribution in [1.29, 1.82) is 0 Å². The van der Waals surface area contributed by atoms with Gasteiger partial charge in [0.2, 0.25) is 5.91 Å². The fraction of sp³-hybridized carbons (Fsp3) is 0.292. The summed E-state index contributed by atoms with van der Waals surface area (Å²) in [4.78, 5) is 32.5. The maximum Gasteiger partial charge on any atom is 0.252 e. The van der Waals surface area contributed by atoms with Crippen molar-refractivity contribution in [1.82, 2.24) is 15.2 Å². The van der Waals surface area contributed by atoms with E-state index in [1.807, 2.05) is 53.4 Å². The minimum Gasteiger partial charge on any atom is -0.341 e. The Labute approximate surface area is 184 Å². The minimum atomic E-state index is -0.572. The number of halogens is 1. The van der Waals surface area contributed by atoms with Gasteiger partial charge in [0.25, 0.3) is 5.91 Å². The van der Waals surface area contributed by atoms with Gasteiger partial charge in [-0.3, -0.25) is 9.59 Å². The Bertz CT molecular complexity index is 1090. The molecule has 1 aliphatic heterocycles. The first-order valence-electron chi connectivity index (χ1n) is 10.3. The van der Waals surface area contributed by atoms with E-state index in [-0.39, 0.29) is 11.8 Å². The van der Waals surface area contributed by atoms with E-state index >= 15 is 0 Å². The minimum absolute atomic E-state index is 0.0198. The number of aromatic nitrogens is 1. The number of carbonyl (C=O) groups excluding carboxylic acids is 2. The molecule has 1 saturated heterocycles. The maximum atomic E-state index is 13.2. The van der Waals surface area contributed by atoms with Gasteiger partial charge in [-0.2, -0.15) is 0 Å². The van der Waals surface area contributed by atoms with E-state index < -0.39 is 6.04 Å². The Balaban J connectivity index is 1.65. The fourth-order valence-electron chi connectivity index (χ4n) is 3.88. The Morgan fingerprint density at radius 1 is 1.03 bits per heavy atom. The number of nitrogens with one attached hydrogen (secondary N) is 1. The van der Waals surface area contributed by atoms with Crippen LogP contribution in [0.3, 0.4) is 0 Å². The fourth-order valence-corrected chi connectivity index (χ4v) is 4.28. The van der Waals surface area contributed by atoms with Crippen molar-refractivity contribution in [3.05, 3.63) is 64.6 Å². The van der Waals surface area contributed by atoms with Crippen LogP contribution in [0.1, 0.15) is 36.5 Å². The maximum absolute atomic E-state index is 13.2. The van der Waals surface area contributed by atoms with Crippen molar-refractivity contribution in [2.24, 2.45) is 0 Å². The van der Waals surface area contributed by atoms with Crippen molar-refractivity contribution in [3.63, 3.8) is 0 Å². The third-order valence-electron chi connectivity index (χ3n) is 5.47. The standard InChI is InChI=1S/C24H24BrN3O2/c1-16(24(30)28-12-5-2-6-13-28)26-23(29)20-15-22(17-8-7-9-18(25)14-17)27-21-11-4-3-10-19(20)21/h3-4,7-11,14-16H,2,5-6,12-13H2,1H3,(H,26,29). The average Bonchev–Trinajstić information content (AvgIpc) is 2.78. The van der Waals surface area contributed by atoms with E-state index in [2.05, 4.69) is 21.2 Å². The highest BCUT2D eigenvalue weighted by atomic mass is 79.9. The molecule has 2 aromatic carbocycles. The number of carbonyl (C=O) groups is 2. The number of hydrogen-bond donors (Lipinski definition) is 1. The van der Waals surface area contributed by atoms with E-state index in [4.69, 9.17) is 4.98 Å². The van der Waals surface area contributed by atoms with Crippen LogP contribution in [-0.4, -0.2) is 40.8 Å². The van der Waals surface area contributed by atoms with E-state index in [9.17, 15) is 9.59 Å². The number of piperidine rings is 1. The summed E-state index contributed by atoms with van der Waals surface area (Å²) in [6.07, 6.45) is 3.21. The molecule has 2 amide bonds. The van der Waals surface area contributed by atoms with E-state index in [1.165, 1.54) is 0 Å². The molecule has 0 spiro atoms. The molecule has 1 aromatic heterocycles. The summed E-state index contributed by atoms with van der Waals surface area (Å²) >= 11 is 3.49. The topological polar surface area (TPSA) is 62.3 Å². The lowest BCUT2D eigenvalue weighted by Gasteiger charge is -2.29. The van der Waals surface area contributed by atoms with Gasteiger partial charge in [-0.05, 0) is 50.5 Å². The molecule has 2 heterocycles. The van der Waals surface area contributed by atoms with Crippen LogP contribution in [0.15, 0.2) is 59.1 Å². The van der Waals surface area contributed by atoms with Crippen LogP contribution in [-0.2, 0) is 4.79 Å². The molecule has 1 N–H and O–H groups in total. The number of benzene rings is 2. The lowest BCUT2D eigenvalue weighted by molar-refractivity contribution is -0.133. The molecular formula is C24H24BrN3O2. The molecule has 1 atom stereocenters. The lowest BCUT2D eigenvalue weighted by Crippen LogP contribution is -2.48. The molecule has 0 bridgehead atoms. The van der Waals surface area contributed by atoms with Crippen molar-refractivity contribution in [3.8, 4) is 11.3 Å². The molecule has 1 aliphatic rings. The summed E-state index contributed by atoms with van der Waals surface area (Å²) in [7, 11) is 0. The molecule has 0 aliphatic carbocycles. The van der Waals surface area contributed by atoms with Crippen LogP contribution in [0, 0.1) is 0 Å². The smallest absolute Gasteiger partial charge is 0.252 e. The van der Waals surface area contributed by atoms with Gasteiger partial charge in [0.1, 0.15) is 6.04 Å². The molecule has 154 valence electrons. The van der Waals surface area contributed by atoms with Gasteiger partial charge >= 0.3 is 0 Å². The summed E-state index contributed by atoms with van der Waals surface area (Å²) in [6.45, 7) is 3.29. The molecule has 1 fully saturated rings. The Morgan fingerprint density at radius 3 is 2.57 bits per heavy atom. The molecule has 5 nitrogen and oxygen atoms in total. The predicted octanol–water partition coefficient (Wildman–Crippen LogP) is 4.80. The SMILES string of the molecule is CC(NC(=O)c1cc(-c2cccc(Br)c2)nc2ccccc12)C(=O)N1CCCCC1. The number of fused-ring (bicyclic) bond motifs is 1. The van der Waals surface area contributed by atoms with Gasteiger partial charge in [0, 0.05) is 28.5 Å². The van der Waals surface area contributed by atoms with Crippen molar-refractivity contribution in [2.75, 3.05) is 13.1 Å². The van der Waals surface area contributed by atoms with Crippen LogP contribution in [0.5, 0.6) is 0 Å². The van der Waals surface area contributed by atoms with Gasteiger partial charge in [0.15, 0.2) is 0 Å². The number of nitrogens with zero attached hydrogens (tertiary/aromatic N) is 2. The lowest BCUT2D eigenvalue weighted by atomic mass is 10.0. The molecular weight excluding hydrogens is 442 g/mol. The monoisotopic (exact) mass is 465 g/mol. The van der Waals surface area contributed by atoms with Gasteiger partial charge in [-0.25, -0.2) is 4.98 Å². The first kappa shape index (κ1) is 20.5. The first-order valence-corrected chi connectivity index (χ1v) is 11.1. The molecule has 0 saturated carbocycles. The highest BCUT2D eigenvalue weighted by Gasteiger charge is 2.24. The van der Waals surface area contributed by atoms with Crippen molar-refractivity contribution >= 4 is 38.6 Å². The zero-order chi connectivity index (χ0) is 21.1. The van der Waals surface area contributed by atoms with Crippen LogP contribution >= 0.6 is 15.9 Å². The summed E-state index contributed by atoms with van der Waals surface area (Å²) in [5.74, 6) is -0.281. The highest BCUT2D eigenvalue weighted by molar-refractivity contribution is 9.10.